The predicted molar refractivity (Wildman–Crippen MR) is 114 cm³/mol. The number of benzene rings is 2. The zero-order chi connectivity index (χ0) is 22.0. The Balaban J connectivity index is 1.57. The highest BCUT2D eigenvalue weighted by Gasteiger charge is 2.19. The summed E-state index contributed by atoms with van der Waals surface area (Å²) in [5, 5.41) is 9.08. The van der Waals surface area contributed by atoms with Crippen molar-refractivity contribution in [2.24, 2.45) is 5.92 Å². The van der Waals surface area contributed by atoms with E-state index in [4.69, 9.17) is 9.26 Å². The number of fused-ring (bicyclic) bond motifs is 1. The molecule has 0 bridgehead atoms. The maximum absolute atomic E-state index is 12.8. The van der Waals surface area contributed by atoms with Gasteiger partial charge in [-0.2, -0.15) is 10.1 Å². The van der Waals surface area contributed by atoms with Crippen molar-refractivity contribution in [2.75, 3.05) is 0 Å². The smallest absolute Gasteiger partial charge is 0.359 e. The Bertz CT molecular complexity index is 1290. The van der Waals surface area contributed by atoms with E-state index in [1.807, 2.05) is 45.0 Å². The van der Waals surface area contributed by atoms with E-state index in [-0.39, 0.29) is 29.7 Å². The quantitative estimate of drug-likeness (QED) is 0.439. The zero-order valence-corrected chi connectivity index (χ0v) is 17.5. The number of hydrogen-bond acceptors (Lipinski definition) is 7. The first-order chi connectivity index (χ1) is 14.9. The van der Waals surface area contributed by atoms with Crippen molar-refractivity contribution in [3.05, 3.63) is 76.0 Å². The average molecular weight is 418 g/mol. The van der Waals surface area contributed by atoms with Crippen LogP contribution in [0, 0.1) is 12.8 Å². The summed E-state index contributed by atoms with van der Waals surface area (Å²) in [7, 11) is 0. The van der Waals surface area contributed by atoms with E-state index in [1.54, 1.807) is 24.3 Å². The van der Waals surface area contributed by atoms with Crippen LogP contribution < -0.4 is 5.56 Å². The summed E-state index contributed by atoms with van der Waals surface area (Å²) in [5.41, 5.74) is 1.77. The number of esters is 1. The molecule has 31 heavy (non-hydrogen) atoms. The van der Waals surface area contributed by atoms with Gasteiger partial charge < -0.3 is 9.26 Å². The van der Waals surface area contributed by atoms with E-state index >= 15 is 0 Å². The van der Waals surface area contributed by atoms with Crippen LogP contribution in [-0.2, 0) is 17.9 Å². The van der Waals surface area contributed by atoms with Gasteiger partial charge in [-0.25, -0.2) is 9.48 Å². The molecule has 0 saturated heterocycles. The molecule has 0 atom stereocenters. The van der Waals surface area contributed by atoms with Gasteiger partial charge in [0.1, 0.15) is 0 Å². The van der Waals surface area contributed by atoms with Gasteiger partial charge in [-0.1, -0.05) is 67.0 Å². The number of ether oxygens (including phenoxy) is 1. The van der Waals surface area contributed by atoms with Crippen LogP contribution in [0.15, 0.2) is 57.8 Å². The Labute approximate surface area is 178 Å². The van der Waals surface area contributed by atoms with E-state index in [1.165, 1.54) is 4.68 Å². The summed E-state index contributed by atoms with van der Waals surface area (Å²) in [6.07, 6.45) is 0. The molecule has 4 rings (SSSR count). The highest BCUT2D eigenvalue weighted by molar-refractivity contribution is 6.02. The summed E-state index contributed by atoms with van der Waals surface area (Å²) >= 11 is 0. The topological polar surface area (TPSA) is 100 Å². The lowest BCUT2D eigenvalue weighted by Gasteiger charge is -2.11. The normalized spacial score (nSPS) is 11.2. The van der Waals surface area contributed by atoms with E-state index in [2.05, 4.69) is 15.2 Å². The van der Waals surface area contributed by atoms with Gasteiger partial charge in [-0.3, -0.25) is 4.79 Å². The van der Waals surface area contributed by atoms with E-state index in [9.17, 15) is 9.59 Å². The standard InChI is InChI=1S/C23H22N4O4/c1-14(2)12-27-22(28)18-7-5-4-6-17(18)20(25-27)23(29)30-13-19-24-21(26-31-19)16-10-8-15(3)9-11-16/h4-11,14H,12-13H2,1-3H3. The van der Waals surface area contributed by atoms with E-state index in [0.29, 0.717) is 23.1 Å². The minimum atomic E-state index is -0.663. The molecule has 0 unspecified atom stereocenters. The third kappa shape index (κ3) is 4.37. The molecule has 0 fully saturated rings. The molecular weight excluding hydrogens is 396 g/mol. The molecule has 0 radical (unpaired) electrons. The van der Waals surface area contributed by atoms with Gasteiger partial charge in [-0.05, 0) is 18.9 Å². The van der Waals surface area contributed by atoms with Gasteiger partial charge >= 0.3 is 5.97 Å². The molecule has 0 aliphatic rings. The van der Waals surface area contributed by atoms with E-state index < -0.39 is 5.97 Å². The molecule has 0 amide bonds. The van der Waals surface area contributed by atoms with Crippen LogP contribution in [0.2, 0.25) is 0 Å². The summed E-state index contributed by atoms with van der Waals surface area (Å²) in [5.74, 6) is 0.112. The third-order valence-corrected chi connectivity index (χ3v) is 4.70. The first-order valence-corrected chi connectivity index (χ1v) is 9.99. The Morgan fingerprint density at radius 2 is 1.81 bits per heavy atom. The maximum Gasteiger partial charge on any atom is 0.359 e. The molecule has 8 heteroatoms. The van der Waals surface area contributed by atoms with Crippen molar-refractivity contribution in [3.8, 4) is 11.4 Å². The second-order valence-corrected chi connectivity index (χ2v) is 7.73. The lowest BCUT2D eigenvalue weighted by atomic mass is 10.1. The number of carbonyl (C=O) groups is 1. The average Bonchev–Trinajstić information content (AvgIpc) is 3.23. The minimum absolute atomic E-state index is 0.0779. The van der Waals surface area contributed by atoms with Crippen molar-refractivity contribution in [1.29, 1.82) is 0 Å². The lowest BCUT2D eigenvalue weighted by molar-refractivity contribution is 0.0422. The molecule has 2 heterocycles. The Hall–Kier alpha value is -3.81. The van der Waals surface area contributed by atoms with Crippen molar-refractivity contribution in [1.82, 2.24) is 19.9 Å². The zero-order valence-electron chi connectivity index (χ0n) is 17.5. The number of aryl methyl sites for hydroxylation is 1. The van der Waals surface area contributed by atoms with Crippen molar-refractivity contribution in [3.63, 3.8) is 0 Å². The van der Waals surface area contributed by atoms with Crippen LogP contribution in [0.3, 0.4) is 0 Å². The van der Waals surface area contributed by atoms with Crippen LogP contribution in [0.25, 0.3) is 22.2 Å². The second-order valence-electron chi connectivity index (χ2n) is 7.73. The Kier molecular flexibility index (Phi) is 5.62. The number of hydrogen-bond donors (Lipinski definition) is 0. The number of carbonyl (C=O) groups excluding carboxylic acids is 1. The summed E-state index contributed by atoms with van der Waals surface area (Å²) in [6.45, 7) is 6.14. The largest absolute Gasteiger partial charge is 0.451 e. The molecule has 0 aliphatic heterocycles. The summed E-state index contributed by atoms with van der Waals surface area (Å²) < 4.78 is 11.9. The highest BCUT2D eigenvalue weighted by atomic mass is 16.6. The fourth-order valence-electron chi connectivity index (χ4n) is 3.18. The van der Waals surface area contributed by atoms with Crippen LogP contribution in [0.5, 0.6) is 0 Å². The minimum Gasteiger partial charge on any atom is -0.451 e. The number of rotatable bonds is 6. The Morgan fingerprint density at radius 3 is 2.52 bits per heavy atom. The second kappa shape index (κ2) is 8.51. The lowest BCUT2D eigenvalue weighted by Crippen LogP contribution is -2.28. The molecule has 158 valence electrons. The summed E-state index contributed by atoms with van der Waals surface area (Å²) in [6, 6.07) is 14.6. The van der Waals surface area contributed by atoms with Gasteiger partial charge in [0.15, 0.2) is 12.3 Å². The van der Waals surface area contributed by atoms with Crippen LogP contribution >= 0.6 is 0 Å². The molecule has 8 nitrogen and oxygen atoms in total. The van der Waals surface area contributed by atoms with Crippen molar-refractivity contribution < 1.29 is 14.1 Å². The third-order valence-electron chi connectivity index (χ3n) is 4.70. The maximum atomic E-state index is 12.8. The number of nitrogens with zero attached hydrogens (tertiary/aromatic N) is 4. The monoisotopic (exact) mass is 418 g/mol. The first-order valence-electron chi connectivity index (χ1n) is 9.99. The van der Waals surface area contributed by atoms with Crippen molar-refractivity contribution >= 4 is 16.7 Å². The molecule has 2 aromatic heterocycles. The van der Waals surface area contributed by atoms with Gasteiger partial charge in [0, 0.05) is 17.5 Å². The Morgan fingerprint density at radius 1 is 1.10 bits per heavy atom. The van der Waals surface area contributed by atoms with Crippen LogP contribution in [0.4, 0.5) is 0 Å². The van der Waals surface area contributed by atoms with Gasteiger partial charge in [-0.15, -0.1) is 0 Å². The fourth-order valence-corrected chi connectivity index (χ4v) is 3.18. The fraction of sp³-hybridized carbons (Fsp3) is 0.261. The van der Waals surface area contributed by atoms with Gasteiger partial charge in [0.2, 0.25) is 5.82 Å². The molecule has 0 aliphatic carbocycles. The SMILES string of the molecule is Cc1ccc(-c2noc(COC(=O)c3nn(CC(C)C)c(=O)c4ccccc34)n2)cc1. The predicted octanol–water partition coefficient (Wildman–Crippen LogP) is 3.77. The summed E-state index contributed by atoms with van der Waals surface area (Å²) in [4.78, 5) is 29.8. The molecule has 0 N–H and O–H groups in total. The van der Waals surface area contributed by atoms with Gasteiger partial charge in [0.05, 0.1) is 5.39 Å². The first kappa shape index (κ1) is 20.5. The molecule has 4 aromatic rings. The molecule has 0 spiro atoms. The number of aromatic nitrogens is 4. The highest BCUT2D eigenvalue weighted by Crippen LogP contribution is 2.18. The molecular formula is C23H22N4O4. The van der Waals surface area contributed by atoms with E-state index in [0.717, 1.165) is 11.1 Å². The van der Waals surface area contributed by atoms with Crippen molar-refractivity contribution in [2.45, 2.75) is 33.9 Å². The van der Waals surface area contributed by atoms with Crippen LogP contribution in [0.1, 0.15) is 35.8 Å². The van der Waals surface area contributed by atoms with Crippen LogP contribution in [-0.4, -0.2) is 25.9 Å². The molecule has 2 aromatic carbocycles. The molecule has 0 saturated carbocycles. The van der Waals surface area contributed by atoms with Gasteiger partial charge in [0.25, 0.3) is 11.4 Å².